The second kappa shape index (κ2) is 9.77. The molecular weight excluding hydrogens is 325 g/mol. The molecule has 0 amide bonds. The number of hydrogen-bond acceptors (Lipinski definition) is 3. The molecule has 4 heteroatoms. The van der Waals surface area contributed by atoms with Crippen molar-refractivity contribution in [2.75, 3.05) is 18.8 Å². The molecular formula is C12H27NOSSn. The molecule has 0 saturated heterocycles. The van der Waals surface area contributed by atoms with Crippen molar-refractivity contribution in [2.45, 2.75) is 38.5 Å². The molecule has 0 radical (unpaired) electrons. The second-order valence-corrected chi connectivity index (χ2v) is 19.6. The first kappa shape index (κ1) is 16.8. The predicted molar refractivity (Wildman–Crippen MR) is 78.3 cm³/mol. The molecule has 0 aliphatic carbocycles. The summed E-state index contributed by atoms with van der Waals surface area (Å²) in [7, 11) is 0. The molecule has 2 nitrogen and oxygen atoms in total. The third-order valence-electron chi connectivity index (χ3n) is 3.43. The van der Waals surface area contributed by atoms with Gasteiger partial charge >= 0.3 is 111 Å². The van der Waals surface area contributed by atoms with E-state index in [1.807, 2.05) is 0 Å². The molecule has 2 atom stereocenters. The van der Waals surface area contributed by atoms with Crippen LogP contribution in [0.1, 0.15) is 20.8 Å². The standard InChI is InChI=1S/C6H14N.C2H3O.C2H5S.C2H5.Sn/c1-4-7-5-6(2)3;2*1-2-3;1-2;/h6-7H,2,4-5H2,1,3H3;2H,1H2;3H,1-2H2;1H2,2H3;. The van der Waals surface area contributed by atoms with E-state index in [0.717, 1.165) is 29.2 Å². The van der Waals surface area contributed by atoms with Gasteiger partial charge in [-0.1, -0.05) is 0 Å². The normalized spacial score (nSPS) is 16.8. The van der Waals surface area contributed by atoms with E-state index in [1.165, 1.54) is 19.6 Å². The molecule has 0 bridgehead atoms. The van der Waals surface area contributed by atoms with E-state index in [1.54, 1.807) is 0 Å². The molecule has 0 rings (SSSR count). The van der Waals surface area contributed by atoms with Gasteiger partial charge in [-0.15, -0.1) is 0 Å². The quantitative estimate of drug-likeness (QED) is 0.360. The van der Waals surface area contributed by atoms with Crippen molar-refractivity contribution in [3.8, 4) is 0 Å². The Balaban J connectivity index is 4.31. The number of rotatable bonds is 10. The zero-order valence-corrected chi connectivity index (χ0v) is 14.7. The van der Waals surface area contributed by atoms with Crippen molar-refractivity contribution in [3.63, 3.8) is 0 Å². The number of carbonyl (C=O) groups excluding carboxylic acids is 1. The summed E-state index contributed by atoms with van der Waals surface area (Å²) in [5, 5.41) is 3.41. The zero-order chi connectivity index (χ0) is 12.4. The van der Waals surface area contributed by atoms with Gasteiger partial charge < -0.3 is 0 Å². The van der Waals surface area contributed by atoms with Crippen LogP contribution in [0.15, 0.2) is 0 Å². The Labute approximate surface area is 110 Å². The molecule has 1 N–H and O–H groups in total. The molecule has 0 aromatic carbocycles. The van der Waals surface area contributed by atoms with Gasteiger partial charge in [0.05, 0.1) is 0 Å². The van der Waals surface area contributed by atoms with Gasteiger partial charge in [0.15, 0.2) is 0 Å². The SMILES string of the molecule is CCNCC(C)[CH2][Sn]([CH2]C)([CH2]C=O)[CH2]CS. The van der Waals surface area contributed by atoms with Gasteiger partial charge in [-0.3, -0.25) is 0 Å². The molecule has 0 aromatic heterocycles. The fraction of sp³-hybridized carbons (Fsp3) is 0.917. The summed E-state index contributed by atoms with van der Waals surface area (Å²) in [6.07, 6.45) is 1.17. The average molecular weight is 352 g/mol. The van der Waals surface area contributed by atoms with Gasteiger partial charge in [0.25, 0.3) is 0 Å². The van der Waals surface area contributed by atoms with Crippen LogP contribution in [0.3, 0.4) is 0 Å². The Bertz CT molecular complexity index is 192. The first-order valence-electron chi connectivity index (χ1n) is 6.39. The Morgan fingerprint density at radius 1 is 1.44 bits per heavy atom. The summed E-state index contributed by atoms with van der Waals surface area (Å²) >= 11 is 2.22. The minimum absolute atomic E-state index is 0.718. The van der Waals surface area contributed by atoms with Crippen LogP contribution in [0, 0.1) is 5.92 Å². The van der Waals surface area contributed by atoms with E-state index in [-0.39, 0.29) is 0 Å². The first-order chi connectivity index (χ1) is 7.64. The van der Waals surface area contributed by atoms with Crippen molar-refractivity contribution >= 4 is 37.3 Å². The maximum atomic E-state index is 10.9. The van der Waals surface area contributed by atoms with Crippen LogP contribution >= 0.6 is 12.6 Å². The Kier molecular flexibility index (Phi) is 10.2. The molecule has 0 aliphatic heterocycles. The number of carbonyl (C=O) groups is 1. The minimum atomic E-state index is -2.16. The Morgan fingerprint density at radius 3 is 2.56 bits per heavy atom. The van der Waals surface area contributed by atoms with Crippen LogP contribution < -0.4 is 5.32 Å². The van der Waals surface area contributed by atoms with Crippen LogP contribution in [0.25, 0.3) is 0 Å². The summed E-state index contributed by atoms with van der Waals surface area (Å²) in [4.78, 5) is 10.9. The summed E-state index contributed by atoms with van der Waals surface area (Å²) in [6, 6.07) is 0. The molecule has 0 fully saturated rings. The van der Waals surface area contributed by atoms with Gasteiger partial charge in [0, 0.05) is 0 Å². The number of thiol groups is 1. The Morgan fingerprint density at radius 2 is 2.12 bits per heavy atom. The second-order valence-electron chi connectivity index (χ2n) is 4.81. The topological polar surface area (TPSA) is 29.1 Å². The van der Waals surface area contributed by atoms with Crippen LogP contribution in [-0.2, 0) is 4.79 Å². The van der Waals surface area contributed by atoms with E-state index < -0.39 is 18.4 Å². The summed E-state index contributed by atoms with van der Waals surface area (Å²) in [6.45, 7) is 8.87. The summed E-state index contributed by atoms with van der Waals surface area (Å²) < 4.78 is 4.76. The molecule has 0 saturated carbocycles. The van der Waals surface area contributed by atoms with E-state index in [9.17, 15) is 4.79 Å². The van der Waals surface area contributed by atoms with Gasteiger partial charge in [-0.2, -0.15) is 0 Å². The average Bonchev–Trinajstić information content (AvgIpc) is 2.27. The molecule has 0 spiro atoms. The van der Waals surface area contributed by atoms with Crippen LogP contribution in [0.4, 0.5) is 0 Å². The summed E-state index contributed by atoms with van der Waals surface area (Å²) in [5.74, 6) is 1.68. The van der Waals surface area contributed by atoms with E-state index >= 15 is 0 Å². The van der Waals surface area contributed by atoms with E-state index in [0.29, 0.717) is 0 Å². The Hall–Kier alpha value is 0.779. The number of nitrogens with one attached hydrogen (secondary N) is 1. The van der Waals surface area contributed by atoms with E-state index in [4.69, 9.17) is 0 Å². The van der Waals surface area contributed by atoms with E-state index in [2.05, 4.69) is 38.7 Å². The van der Waals surface area contributed by atoms with Gasteiger partial charge in [0.2, 0.25) is 0 Å². The molecule has 96 valence electrons. The van der Waals surface area contributed by atoms with Crippen molar-refractivity contribution in [1.82, 2.24) is 5.32 Å². The van der Waals surface area contributed by atoms with Gasteiger partial charge in [-0.25, -0.2) is 0 Å². The molecule has 0 aliphatic rings. The van der Waals surface area contributed by atoms with Crippen LogP contribution in [-0.4, -0.2) is 43.5 Å². The molecule has 2 unspecified atom stereocenters. The number of aldehydes is 1. The van der Waals surface area contributed by atoms with Crippen molar-refractivity contribution in [2.24, 2.45) is 5.92 Å². The third kappa shape index (κ3) is 6.50. The molecule has 16 heavy (non-hydrogen) atoms. The van der Waals surface area contributed by atoms with Crippen molar-refractivity contribution < 1.29 is 4.79 Å². The van der Waals surface area contributed by atoms with Crippen LogP contribution in [0.5, 0.6) is 0 Å². The number of hydrogen-bond donors (Lipinski definition) is 2. The fourth-order valence-electron chi connectivity index (χ4n) is 2.37. The molecule has 0 heterocycles. The summed E-state index contributed by atoms with van der Waals surface area (Å²) in [5.41, 5.74) is 0. The zero-order valence-electron chi connectivity index (χ0n) is 11.0. The fourth-order valence-corrected chi connectivity index (χ4v) is 16.8. The predicted octanol–water partition coefficient (Wildman–Crippen LogP) is 2.83. The first-order valence-corrected chi connectivity index (χ1v) is 15.1. The maximum absolute atomic E-state index is 10.9. The monoisotopic (exact) mass is 353 g/mol. The van der Waals surface area contributed by atoms with Gasteiger partial charge in [-0.05, 0) is 0 Å². The van der Waals surface area contributed by atoms with Crippen molar-refractivity contribution in [1.29, 1.82) is 0 Å². The third-order valence-corrected chi connectivity index (χ3v) is 20.3. The van der Waals surface area contributed by atoms with Gasteiger partial charge in [0.1, 0.15) is 0 Å². The molecule has 0 aromatic rings. The van der Waals surface area contributed by atoms with Crippen molar-refractivity contribution in [3.05, 3.63) is 0 Å². The van der Waals surface area contributed by atoms with Crippen LogP contribution in [0.2, 0.25) is 17.7 Å².